The van der Waals surface area contributed by atoms with Crippen LogP contribution >= 0.6 is 0 Å². The van der Waals surface area contributed by atoms with Crippen molar-refractivity contribution in [3.63, 3.8) is 0 Å². The minimum absolute atomic E-state index is 0.0118. The fraction of sp³-hybridized carbons (Fsp3) is 0.643. The summed E-state index contributed by atoms with van der Waals surface area (Å²) in [5.74, 6) is -0.769. The third-order valence-electron chi connectivity index (χ3n) is 3.65. The van der Waals surface area contributed by atoms with E-state index in [0.717, 1.165) is 6.42 Å². The first-order chi connectivity index (χ1) is 9.34. The van der Waals surface area contributed by atoms with Crippen LogP contribution in [0.3, 0.4) is 0 Å². The second kappa shape index (κ2) is 6.54. The first-order valence-corrected chi connectivity index (χ1v) is 6.58. The van der Waals surface area contributed by atoms with Crippen LogP contribution in [0.1, 0.15) is 19.8 Å². The fourth-order valence-corrected chi connectivity index (χ4v) is 2.40. The third-order valence-corrected chi connectivity index (χ3v) is 3.65. The molecule has 1 saturated heterocycles. The molecule has 0 saturated carbocycles. The Morgan fingerprint density at radius 3 is 2.65 bits per heavy atom. The quantitative estimate of drug-likeness (QED) is 0.554. The third kappa shape index (κ3) is 3.59. The number of amides is 2. The molecule has 0 aromatic heterocycles. The number of methoxy groups -OCH3 is 1. The van der Waals surface area contributed by atoms with E-state index in [1.54, 1.807) is 18.9 Å². The smallest absolute Gasteiger partial charge is 0.313 e. The van der Waals surface area contributed by atoms with Crippen molar-refractivity contribution in [2.75, 3.05) is 33.8 Å². The van der Waals surface area contributed by atoms with E-state index in [2.05, 4.69) is 6.58 Å². The summed E-state index contributed by atoms with van der Waals surface area (Å²) >= 11 is 0. The Kier molecular flexibility index (Phi) is 5.30. The molecule has 1 fully saturated rings. The molecule has 2 amide bonds. The van der Waals surface area contributed by atoms with Gasteiger partial charge in [0, 0.05) is 20.1 Å². The van der Waals surface area contributed by atoms with Crippen molar-refractivity contribution in [2.24, 2.45) is 5.41 Å². The van der Waals surface area contributed by atoms with E-state index in [1.807, 2.05) is 0 Å². The van der Waals surface area contributed by atoms with Crippen LogP contribution in [0.2, 0.25) is 0 Å². The number of likely N-dealkylation sites (N-methyl/N-ethyl adjacent to an activating group) is 1. The largest absolute Gasteiger partial charge is 0.469 e. The molecule has 0 radical (unpaired) electrons. The molecule has 20 heavy (non-hydrogen) atoms. The second-order valence-electron chi connectivity index (χ2n) is 5.37. The normalized spacial score (nSPS) is 22.1. The molecule has 6 heteroatoms. The highest BCUT2D eigenvalue weighted by molar-refractivity contribution is 5.91. The van der Waals surface area contributed by atoms with Crippen molar-refractivity contribution in [1.29, 1.82) is 0 Å². The van der Waals surface area contributed by atoms with Gasteiger partial charge in [-0.2, -0.15) is 0 Å². The van der Waals surface area contributed by atoms with Crippen LogP contribution in [0, 0.1) is 5.41 Å². The first kappa shape index (κ1) is 16.2. The Morgan fingerprint density at radius 2 is 2.10 bits per heavy atom. The zero-order valence-corrected chi connectivity index (χ0v) is 12.3. The lowest BCUT2D eigenvalue weighted by molar-refractivity contribution is -0.157. The fourth-order valence-electron chi connectivity index (χ4n) is 2.40. The van der Waals surface area contributed by atoms with Gasteiger partial charge < -0.3 is 14.5 Å². The van der Waals surface area contributed by atoms with Gasteiger partial charge >= 0.3 is 5.97 Å². The Morgan fingerprint density at radius 1 is 1.45 bits per heavy atom. The molecule has 112 valence electrons. The highest BCUT2D eigenvalue weighted by Gasteiger charge is 2.40. The number of ether oxygens (including phenoxy) is 1. The lowest BCUT2D eigenvalue weighted by atomic mass is 9.82. The highest BCUT2D eigenvalue weighted by atomic mass is 16.5. The van der Waals surface area contributed by atoms with Gasteiger partial charge in [0.05, 0.1) is 19.1 Å². The van der Waals surface area contributed by atoms with Crippen LogP contribution in [0.15, 0.2) is 12.7 Å². The predicted octanol–water partition coefficient (Wildman–Crippen LogP) is 0.433. The molecule has 1 aliphatic rings. The molecule has 6 nitrogen and oxygen atoms in total. The Hall–Kier alpha value is -1.85. The van der Waals surface area contributed by atoms with E-state index in [4.69, 9.17) is 4.74 Å². The lowest BCUT2D eigenvalue weighted by Crippen LogP contribution is -2.51. The molecule has 1 aliphatic heterocycles. The van der Waals surface area contributed by atoms with Gasteiger partial charge in [0.25, 0.3) is 0 Å². The maximum Gasteiger partial charge on any atom is 0.313 e. The van der Waals surface area contributed by atoms with E-state index in [1.165, 1.54) is 18.1 Å². The second-order valence-corrected chi connectivity index (χ2v) is 5.37. The number of carbonyl (C=O) groups excluding carboxylic acids is 3. The van der Waals surface area contributed by atoms with Crippen LogP contribution in [0.5, 0.6) is 0 Å². The van der Waals surface area contributed by atoms with Gasteiger partial charge in [-0.1, -0.05) is 6.58 Å². The van der Waals surface area contributed by atoms with Crippen LogP contribution in [-0.4, -0.2) is 61.4 Å². The van der Waals surface area contributed by atoms with E-state index in [-0.39, 0.29) is 24.3 Å². The lowest BCUT2D eigenvalue weighted by Gasteiger charge is -2.38. The monoisotopic (exact) mass is 282 g/mol. The van der Waals surface area contributed by atoms with E-state index >= 15 is 0 Å². The standard InChI is InChI=1S/C14H22N2O4/c1-5-11(17)15(3)9-12(18)16-8-6-7-14(2,10-16)13(19)20-4/h5H,1,6-10H2,2-4H3. The number of esters is 1. The van der Waals surface area contributed by atoms with Crippen molar-refractivity contribution in [1.82, 2.24) is 9.80 Å². The van der Waals surface area contributed by atoms with Crippen molar-refractivity contribution in [3.05, 3.63) is 12.7 Å². The predicted molar refractivity (Wildman–Crippen MR) is 73.8 cm³/mol. The van der Waals surface area contributed by atoms with E-state index < -0.39 is 5.41 Å². The summed E-state index contributed by atoms with van der Waals surface area (Å²) in [5, 5.41) is 0. The van der Waals surface area contributed by atoms with Gasteiger partial charge in [0.15, 0.2) is 0 Å². The number of carbonyl (C=O) groups is 3. The molecule has 0 spiro atoms. The van der Waals surface area contributed by atoms with Crippen molar-refractivity contribution in [2.45, 2.75) is 19.8 Å². The summed E-state index contributed by atoms with van der Waals surface area (Å²) in [5.41, 5.74) is -0.663. The number of nitrogens with zero attached hydrogens (tertiary/aromatic N) is 2. The maximum absolute atomic E-state index is 12.2. The van der Waals surface area contributed by atoms with Gasteiger partial charge in [-0.3, -0.25) is 14.4 Å². The average Bonchev–Trinajstić information content (AvgIpc) is 2.45. The summed E-state index contributed by atoms with van der Waals surface area (Å²) in [6.07, 6.45) is 2.61. The zero-order valence-electron chi connectivity index (χ0n) is 12.3. The van der Waals surface area contributed by atoms with Crippen molar-refractivity contribution >= 4 is 17.8 Å². The van der Waals surface area contributed by atoms with E-state index in [0.29, 0.717) is 19.5 Å². The Labute approximate surface area is 119 Å². The molecule has 1 atom stereocenters. The van der Waals surface area contributed by atoms with Crippen LogP contribution in [0.4, 0.5) is 0 Å². The number of likely N-dealkylation sites (tertiary alicyclic amines) is 1. The molecule has 0 aromatic rings. The number of hydrogen-bond donors (Lipinski definition) is 0. The average molecular weight is 282 g/mol. The summed E-state index contributed by atoms with van der Waals surface area (Å²) in [6, 6.07) is 0. The molecular weight excluding hydrogens is 260 g/mol. The van der Waals surface area contributed by atoms with Gasteiger partial charge in [0.2, 0.25) is 11.8 Å². The van der Waals surface area contributed by atoms with Crippen molar-refractivity contribution in [3.8, 4) is 0 Å². The molecule has 1 rings (SSSR count). The van der Waals surface area contributed by atoms with Crippen LogP contribution < -0.4 is 0 Å². The molecule has 1 heterocycles. The SMILES string of the molecule is C=CC(=O)N(C)CC(=O)N1CCCC(C)(C(=O)OC)C1. The minimum Gasteiger partial charge on any atom is -0.469 e. The van der Waals surface area contributed by atoms with Gasteiger partial charge in [-0.15, -0.1) is 0 Å². The number of hydrogen-bond acceptors (Lipinski definition) is 4. The molecule has 0 aromatic carbocycles. The van der Waals surface area contributed by atoms with Crippen LogP contribution in [-0.2, 0) is 19.1 Å². The summed E-state index contributed by atoms with van der Waals surface area (Å²) < 4.78 is 4.80. The molecule has 0 bridgehead atoms. The first-order valence-electron chi connectivity index (χ1n) is 6.58. The topological polar surface area (TPSA) is 66.9 Å². The molecular formula is C14H22N2O4. The molecule has 1 unspecified atom stereocenters. The summed E-state index contributed by atoms with van der Waals surface area (Å²) in [6.45, 7) is 6.10. The summed E-state index contributed by atoms with van der Waals surface area (Å²) in [4.78, 5) is 38.3. The van der Waals surface area contributed by atoms with Gasteiger partial charge in [-0.25, -0.2) is 0 Å². The highest BCUT2D eigenvalue weighted by Crippen LogP contribution is 2.30. The Balaban J connectivity index is 2.67. The number of rotatable bonds is 4. The van der Waals surface area contributed by atoms with E-state index in [9.17, 15) is 14.4 Å². The number of piperidine rings is 1. The van der Waals surface area contributed by atoms with Gasteiger partial charge in [-0.05, 0) is 25.8 Å². The minimum atomic E-state index is -0.663. The summed E-state index contributed by atoms with van der Waals surface area (Å²) in [7, 11) is 2.90. The zero-order chi connectivity index (χ0) is 15.3. The Bertz CT molecular complexity index is 421. The van der Waals surface area contributed by atoms with Gasteiger partial charge in [0.1, 0.15) is 0 Å². The van der Waals surface area contributed by atoms with Crippen molar-refractivity contribution < 1.29 is 19.1 Å². The maximum atomic E-state index is 12.2. The molecule has 0 aliphatic carbocycles. The van der Waals surface area contributed by atoms with Crippen LogP contribution in [0.25, 0.3) is 0 Å². The molecule has 0 N–H and O–H groups in total.